The lowest BCUT2D eigenvalue weighted by Crippen LogP contribution is -2.44. The lowest BCUT2D eigenvalue weighted by molar-refractivity contribution is 0.148. The molecule has 3 unspecified atom stereocenters. The second-order valence-corrected chi connectivity index (χ2v) is 5.94. The van der Waals surface area contributed by atoms with Crippen molar-refractivity contribution in [2.75, 3.05) is 13.2 Å². The number of hydrogen-bond donors (Lipinski definition) is 1. The molecule has 1 saturated heterocycles. The third kappa shape index (κ3) is 3.20. The van der Waals surface area contributed by atoms with Crippen LogP contribution in [0.3, 0.4) is 0 Å². The molecule has 112 valence electrons. The first kappa shape index (κ1) is 14.0. The third-order valence-corrected chi connectivity index (χ3v) is 4.61. The number of nitrogens with zero attached hydrogens (tertiary/aromatic N) is 2. The molecule has 1 aromatic rings. The molecule has 0 amide bonds. The van der Waals surface area contributed by atoms with Crippen LogP contribution in [0.15, 0.2) is 4.52 Å². The van der Waals surface area contributed by atoms with Gasteiger partial charge in [0.2, 0.25) is 5.89 Å². The van der Waals surface area contributed by atoms with E-state index in [0.717, 1.165) is 37.1 Å². The van der Waals surface area contributed by atoms with Gasteiger partial charge in [0.25, 0.3) is 0 Å². The average Bonchev–Trinajstić information content (AvgIpc) is 2.96. The van der Waals surface area contributed by atoms with Gasteiger partial charge in [-0.05, 0) is 38.5 Å². The summed E-state index contributed by atoms with van der Waals surface area (Å²) in [6, 6.07) is 0.906. The van der Waals surface area contributed by atoms with Crippen LogP contribution in [0.4, 0.5) is 0 Å². The normalized spacial score (nSPS) is 30.1. The number of ether oxygens (including phenoxy) is 1. The molecule has 1 aromatic heterocycles. The highest BCUT2D eigenvalue weighted by molar-refractivity contribution is 4.99. The predicted octanol–water partition coefficient (Wildman–Crippen LogP) is 2.63. The number of aromatic nitrogens is 2. The van der Waals surface area contributed by atoms with Crippen molar-refractivity contribution in [2.24, 2.45) is 5.92 Å². The Hall–Kier alpha value is -0.940. The maximum Gasteiger partial charge on any atom is 0.243 e. The van der Waals surface area contributed by atoms with E-state index in [2.05, 4.69) is 15.5 Å². The Kier molecular flexibility index (Phi) is 4.68. The Morgan fingerprint density at radius 2 is 2.15 bits per heavy atom. The van der Waals surface area contributed by atoms with Gasteiger partial charge in [0.1, 0.15) is 0 Å². The smallest absolute Gasteiger partial charge is 0.243 e. The summed E-state index contributed by atoms with van der Waals surface area (Å²) in [5, 5.41) is 7.79. The number of nitrogens with one attached hydrogen (secondary N) is 1. The highest BCUT2D eigenvalue weighted by Gasteiger charge is 2.34. The fourth-order valence-electron chi connectivity index (χ4n) is 3.51. The molecule has 1 saturated carbocycles. The van der Waals surface area contributed by atoms with Gasteiger partial charge in [-0.1, -0.05) is 18.0 Å². The molecule has 3 atom stereocenters. The summed E-state index contributed by atoms with van der Waals surface area (Å²) in [6.45, 7) is 3.39. The predicted molar refractivity (Wildman–Crippen MR) is 75.4 cm³/mol. The quantitative estimate of drug-likeness (QED) is 0.840. The molecule has 0 aromatic carbocycles. The van der Waals surface area contributed by atoms with E-state index in [0.29, 0.717) is 12.6 Å². The van der Waals surface area contributed by atoms with Gasteiger partial charge in [0, 0.05) is 19.1 Å². The van der Waals surface area contributed by atoms with Gasteiger partial charge in [-0.15, -0.1) is 0 Å². The summed E-state index contributed by atoms with van der Waals surface area (Å²) < 4.78 is 10.8. The van der Waals surface area contributed by atoms with Crippen LogP contribution in [0.5, 0.6) is 0 Å². The highest BCUT2D eigenvalue weighted by Crippen LogP contribution is 2.36. The summed E-state index contributed by atoms with van der Waals surface area (Å²) >= 11 is 0. The van der Waals surface area contributed by atoms with E-state index in [-0.39, 0.29) is 6.04 Å². The van der Waals surface area contributed by atoms with Crippen LogP contribution in [0.2, 0.25) is 0 Å². The minimum Gasteiger partial charge on any atom is -0.381 e. The molecule has 0 radical (unpaired) electrons. The van der Waals surface area contributed by atoms with Gasteiger partial charge in [-0.2, -0.15) is 4.98 Å². The van der Waals surface area contributed by atoms with Crippen molar-refractivity contribution in [2.45, 2.75) is 64.0 Å². The number of piperidine rings is 1. The molecule has 5 nitrogen and oxygen atoms in total. The fourth-order valence-corrected chi connectivity index (χ4v) is 3.51. The van der Waals surface area contributed by atoms with Gasteiger partial charge < -0.3 is 14.6 Å². The lowest BCUT2D eigenvalue weighted by Gasteiger charge is -2.39. The highest BCUT2D eigenvalue weighted by atomic mass is 16.5. The summed E-state index contributed by atoms with van der Waals surface area (Å²) in [6.07, 6.45) is 8.57. The second-order valence-electron chi connectivity index (χ2n) is 5.94. The van der Waals surface area contributed by atoms with Crippen molar-refractivity contribution in [3.05, 3.63) is 11.7 Å². The van der Waals surface area contributed by atoms with Crippen molar-refractivity contribution in [1.29, 1.82) is 0 Å². The van der Waals surface area contributed by atoms with Crippen LogP contribution < -0.4 is 5.32 Å². The molecule has 1 aliphatic heterocycles. The van der Waals surface area contributed by atoms with Crippen molar-refractivity contribution in [1.82, 2.24) is 15.5 Å². The van der Waals surface area contributed by atoms with E-state index >= 15 is 0 Å². The molecule has 0 spiro atoms. The zero-order valence-electron chi connectivity index (χ0n) is 12.3. The van der Waals surface area contributed by atoms with Gasteiger partial charge in [0.15, 0.2) is 5.82 Å². The first-order chi connectivity index (χ1) is 9.86. The van der Waals surface area contributed by atoms with Crippen LogP contribution in [-0.2, 0) is 11.2 Å². The van der Waals surface area contributed by atoms with E-state index in [4.69, 9.17) is 9.26 Å². The molecule has 2 fully saturated rings. The van der Waals surface area contributed by atoms with Crippen LogP contribution in [0.25, 0.3) is 0 Å². The molecule has 3 rings (SSSR count). The Morgan fingerprint density at radius 1 is 1.25 bits per heavy atom. The van der Waals surface area contributed by atoms with E-state index < -0.39 is 0 Å². The minimum atomic E-state index is 0.252. The Morgan fingerprint density at radius 3 is 3.05 bits per heavy atom. The summed E-state index contributed by atoms with van der Waals surface area (Å²) in [5.74, 6) is 2.39. The molecular weight excluding hydrogens is 254 g/mol. The van der Waals surface area contributed by atoms with Crippen LogP contribution in [0.1, 0.15) is 63.2 Å². The second kappa shape index (κ2) is 6.68. The van der Waals surface area contributed by atoms with Crippen molar-refractivity contribution in [3.8, 4) is 0 Å². The van der Waals surface area contributed by atoms with Gasteiger partial charge in [-0.25, -0.2) is 0 Å². The maximum atomic E-state index is 5.44. The topological polar surface area (TPSA) is 60.2 Å². The van der Waals surface area contributed by atoms with Gasteiger partial charge in [-0.3, -0.25) is 0 Å². The molecule has 2 heterocycles. The monoisotopic (exact) mass is 279 g/mol. The minimum absolute atomic E-state index is 0.252. The number of hydrogen-bond acceptors (Lipinski definition) is 5. The molecule has 5 heteroatoms. The number of rotatable bonds is 5. The van der Waals surface area contributed by atoms with E-state index in [1.54, 1.807) is 0 Å². The fraction of sp³-hybridized carbons (Fsp3) is 0.867. The zero-order chi connectivity index (χ0) is 13.8. The molecule has 1 N–H and O–H groups in total. The van der Waals surface area contributed by atoms with Crippen molar-refractivity contribution < 1.29 is 9.26 Å². The summed E-state index contributed by atoms with van der Waals surface area (Å²) in [7, 11) is 0. The zero-order valence-corrected chi connectivity index (χ0v) is 12.3. The Balaban J connectivity index is 1.56. The summed E-state index contributed by atoms with van der Waals surface area (Å²) in [4.78, 5) is 4.52. The molecule has 0 bridgehead atoms. The van der Waals surface area contributed by atoms with E-state index in [1.807, 2.05) is 6.92 Å². The van der Waals surface area contributed by atoms with Gasteiger partial charge >= 0.3 is 0 Å². The molecule has 1 aliphatic carbocycles. The van der Waals surface area contributed by atoms with Crippen LogP contribution >= 0.6 is 0 Å². The Labute approximate surface area is 120 Å². The third-order valence-electron chi connectivity index (χ3n) is 4.61. The molecular formula is C15H25N3O2. The standard InChI is InChI=1S/C15H25N3O2/c1-2-19-10-9-14-17-15(20-18-14)13-8-7-11-5-3-4-6-12(11)16-13/h11-13,16H,2-10H2,1H3. The maximum absolute atomic E-state index is 5.44. The van der Waals surface area contributed by atoms with Crippen LogP contribution in [-0.4, -0.2) is 29.4 Å². The SMILES string of the molecule is CCOCCc1noc(C2CCC3CCCCC3N2)n1. The largest absolute Gasteiger partial charge is 0.381 e. The number of fused-ring (bicyclic) bond motifs is 1. The van der Waals surface area contributed by atoms with E-state index in [9.17, 15) is 0 Å². The van der Waals surface area contributed by atoms with Crippen molar-refractivity contribution >= 4 is 0 Å². The first-order valence-electron chi connectivity index (χ1n) is 8.03. The Bertz CT molecular complexity index is 421. The average molecular weight is 279 g/mol. The molecule has 20 heavy (non-hydrogen) atoms. The lowest BCUT2D eigenvalue weighted by atomic mass is 9.78. The first-order valence-corrected chi connectivity index (χ1v) is 8.03. The van der Waals surface area contributed by atoms with Gasteiger partial charge in [0.05, 0.1) is 12.6 Å². The molecule has 2 aliphatic rings. The van der Waals surface area contributed by atoms with Crippen molar-refractivity contribution in [3.63, 3.8) is 0 Å². The van der Waals surface area contributed by atoms with E-state index in [1.165, 1.54) is 32.1 Å². The van der Waals surface area contributed by atoms with Crippen LogP contribution in [0, 0.1) is 5.92 Å². The summed E-state index contributed by atoms with van der Waals surface area (Å²) in [5.41, 5.74) is 0.